The first-order chi connectivity index (χ1) is 9.49. The summed E-state index contributed by atoms with van der Waals surface area (Å²) in [6.45, 7) is 3.55. The van der Waals surface area contributed by atoms with Crippen LogP contribution in [0.15, 0.2) is 29.1 Å². The van der Waals surface area contributed by atoms with Gasteiger partial charge in [-0.2, -0.15) is 5.10 Å². The Balaban J connectivity index is 2.38. The Kier molecular flexibility index (Phi) is 3.07. The summed E-state index contributed by atoms with van der Waals surface area (Å²) in [5, 5.41) is 5.78. The summed E-state index contributed by atoms with van der Waals surface area (Å²) in [5.74, 6) is 0. The maximum absolute atomic E-state index is 12.2. The van der Waals surface area contributed by atoms with Crippen LogP contribution in [0.3, 0.4) is 0 Å². The number of pyridine rings is 1. The molecule has 3 aromatic rings. The van der Waals surface area contributed by atoms with Gasteiger partial charge in [-0.15, -0.1) is 0 Å². The largest absolute Gasteiger partial charge is 0.342 e. The van der Waals surface area contributed by atoms with Gasteiger partial charge in [0, 0.05) is 10.7 Å². The van der Waals surface area contributed by atoms with Crippen molar-refractivity contribution in [2.24, 2.45) is 0 Å². The minimum atomic E-state index is -0.198. The third-order valence-corrected chi connectivity index (χ3v) is 3.90. The van der Waals surface area contributed by atoms with E-state index in [0.29, 0.717) is 27.4 Å². The molecule has 0 aliphatic carbocycles. The number of aryl methyl sites for hydroxylation is 2. The van der Waals surface area contributed by atoms with Crippen molar-refractivity contribution in [3.63, 3.8) is 0 Å². The molecule has 102 valence electrons. The molecule has 1 N–H and O–H groups in total. The van der Waals surface area contributed by atoms with Crippen molar-refractivity contribution < 1.29 is 0 Å². The average molecular weight is 308 g/mol. The van der Waals surface area contributed by atoms with Gasteiger partial charge in [0.25, 0.3) is 0 Å². The Hall–Kier alpha value is -1.78. The van der Waals surface area contributed by atoms with Crippen LogP contribution >= 0.6 is 23.2 Å². The van der Waals surface area contributed by atoms with Crippen molar-refractivity contribution in [2.45, 2.75) is 13.8 Å². The lowest BCUT2D eigenvalue weighted by Gasteiger charge is -2.05. The van der Waals surface area contributed by atoms with Gasteiger partial charge < -0.3 is 4.98 Å². The van der Waals surface area contributed by atoms with Gasteiger partial charge in [0.1, 0.15) is 10.7 Å². The summed E-state index contributed by atoms with van der Waals surface area (Å²) in [6.07, 6.45) is 0. The summed E-state index contributed by atoms with van der Waals surface area (Å²) in [7, 11) is 0. The van der Waals surface area contributed by atoms with E-state index >= 15 is 0 Å². The fraction of sp³-hybridized carbons (Fsp3) is 0.143. The molecule has 3 rings (SSSR count). The number of nitrogens with zero attached hydrogens (tertiary/aromatic N) is 2. The second kappa shape index (κ2) is 4.65. The number of rotatable bonds is 1. The van der Waals surface area contributed by atoms with E-state index < -0.39 is 0 Å². The molecule has 0 bridgehead atoms. The second-order valence-corrected chi connectivity index (χ2v) is 5.40. The fourth-order valence-corrected chi connectivity index (χ4v) is 2.46. The van der Waals surface area contributed by atoms with Crippen molar-refractivity contribution in [3.8, 4) is 5.69 Å². The highest BCUT2D eigenvalue weighted by Crippen LogP contribution is 2.21. The quantitative estimate of drug-likeness (QED) is 0.746. The Morgan fingerprint density at radius 3 is 2.45 bits per heavy atom. The van der Waals surface area contributed by atoms with Gasteiger partial charge in [-0.05, 0) is 38.1 Å². The summed E-state index contributed by atoms with van der Waals surface area (Å²) >= 11 is 11.9. The first kappa shape index (κ1) is 13.2. The van der Waals surface area contributed by atoms with E-state index in [2.05, 4.69) is 10.1 Å². The van der Waals surface area contributed by atoms with E-state index in [-0.39, 0.29) is 10.5 Å². The van der Waals surface area contributed by atoms with Gasteiger partial charge in [-0.3, -0.25) is 4.79 Å². The van der Waals surface area contributed by atoms with Crippen LogP contribution in [0.1, 0.15) is 11.4 Å². The summed E-state index contributed by atoms with van der Waals surface area (Å²) < 4.78 is 1.69. The van der Waals surface area contributed by atoms with Crippen LogP contribution in [-0.2, 0) is 0 Å². The number of hydrogen-bond acceptors (Lipinski definition) is 2. The van der Waals surface area contributed by atoms with Crippen LogP contribution in [0.25, 0.3) is 16.7 Å². The van der Waals surface area contributed by atoms with Crippen LogP contribution in [0, 0.1) is 13.8 Å². The van der Waals surface area contributed by atoms with Crippen LogP contribution in [0.5, 0.6) is 0 Å². The monoisotopic (exact) mass is 307 g/mol. The van der Waals surface area contributed by atoms with Crippen molar-refractivity contribution in [2.75, 3.05) is 0 Å². The lowest BCUT2D eigenvalue weighted by molar-refractivity contribution is 0.875. The van der Waals surface area contributed by atoms with Crippen LogP contribution < -0.4 is 5.43 Å². The van der Waals surface area contributed by atoms with Crippen LogP contribution in [-0.4, -0.2) is 14.8 Å². The van der Waals surface area contributed by atoms with Crippen molar-refractivity contribution in [3.05, 3.63) is 55.9 Å². The summed E-state index contributed by atoms with van der Waals surface area (Å²) in [4.78, 5) is 15.4. The molecule has 0 radical (unpaired) electrons. The summed E-state index contributed by atoms with van der Waals surface area (Å²) in [5.41, 5.74) is 2.52. The van der Waals surface area contributed by atoms with Crippen molar-refractivity contribution >= 4 is 34.2 Å². The number of halogens is 2. The van der Waals surface area contributed by atoms with E-state index in [1.165, 1.54) is 0 Å². The summed E-state index contributed by atoms with van der Waals surface area (Å²) in [6, 6.07) is 7.24. The molecule has 0 aliphatic heterocycles. The normalized spacial score (nSPS) is 11.2. The van der Waals surface area contributed by atoms with Crippen LogP contribution in [0.2, 0.25) is 10.0 Å². The van der Waals surface area contributed by atoms with Gasteiger partial charge in [0.2, 0.25) is 5.43 Å². The molecule has 2 heterocycles. The highest BCUT2D eigenvalue weighted by atomic mass is 35.5. The maximum Gasteiger partial charge on any atom is 0.211 e. The molecule has 2 aromatic heterocycles. The zero-order valence-electron chi connectivity index (χ0n) is 10.9. The fourth-order valence-electron chi connectivity index (χ4n) is 2.20. The number of aromatic nitrogens is 3. The molecular formula is C14H11Cl2N3O. The molecule has 0 unspecified atom stereocenters. The molecule has 20 heavy (non-hydrogen) atoms. The van der Waals surface area contributed by atoms with Crippen LogP contribution in [0.4, 0.5) is 0 Å². The third kappa shape index (κ3) is 1.92. The Morgan fingerprint density at radius 2 is 1.80 bits per heavy atom. The number of aromatic amines is 1. The number of hydrogen-bond donors (Lipinski definition) is 1. The SMILES string of the molecule is Cc1[nH]c2c(c(C)nn2-c2ccc(Cl)cc2)c(=O)c1Cl. The highest BCUT2D eigenvalue weighted by Gasteiger charge is 2.16. The maximum atomic E-state index is 12.2. The first-order valence-corrected chi connectivity index (χ1v) is 6.78. The predicted octanol–water partition coefficient (Wildman–Crippen LogP) is 3.64. The standard InChI is InChI=1S/C14H11Cl2N3O/c1-7-11-13(20)12(16)8(2)17-14(11)19(18-7)10-5-3-9(15)4-6-10/h3-6H,1-2H3,(H,17,20). The van der Waals surface area contributed by atoms with E-state index in [4.69, 9.17) is 23.2 Å². The number of fused-ring (bicyclic) bond motifs is 1. The van der Waals surface area contributed by atoms with E-state index in [1.807, 2.05) is 12.1 Å². The van der Waals surface area contributed by atoms with Gasteiger partial charge >= 0.3 is 0 Å². The van der Waals surface area contributed by atoms with Crippen molar-refractivity contribution in [1.82, 2.24) is 14.8 Å². The van der Waals surface area contributed by atoms with Gasteiger partial charge in [0.15, 0.2) is 0 Å². The van der Waals surface area contributed by atoms with E-state index in [0.717, 1.165) is 5.69 Å². The van der Waals surface area contributed by atoms with Gasteiger partial charge in [0.05, 0.1) is 16.8 Å². The Labute approximate surface area is 124 Å². The minimum absolute atomic E-state index is 0.198. The van der Waals surface area contributed by atoms with Gasteiger partial charge in [-0.1, -0.05) is 23.2 Å². The average Bonchev–Trinajstić information content (AvgIpc) is 2.74. The Bertz CT molecular complexity index is 863. The minimum Gasteiger partial charge on any atom is -0.342 e. The zero-order valence-corrected chi connectivity index (χ0v) is 12.4. The lowest BCUT2D eigenvalue weighted by atomic mass is 10.2. The smallest absolute Gasteiger partial charge is 0.211 e. The molecule has 0 spiro atoms. The van der Waals surface area contributed by atoms with E-state index in [9.17, 15) is 4.79 Å². The molecule has 6 heteroatoms. The molecule has 0 aliphatic rings. The van der Waals surface area contributed by atoms with Gasteiger partial charge in [-0.25, -0.2) is 4.68 Å². The third-order valence-electron chi connectivity index (χ3n) is 3.19. The van der Waals surface area contributed by atoms with E-state index in [1.54, 1.807) is 30.7 Å². The topological polar surface area (TPSA) is 50.7 Å². The molecule has 0 amide bonds. The molecule has 4 nitrogen and oxygen atoms in total. The van der Waals surface area contributed by atoms with Crippen molar-refractivity contribution in [1.29, 1.82) is 0 Å². The highest BCUT2D eigenvalue weighted by molar-refractivity contribution is 6.31. The number of nitrogens with one attached hydrogen (secondary N) is 1. The Morgan fingerprint density at radius 1 is 1.15 bits per heavy atom. The molecule has 0 atom stereocenters. The molecule has 0 saturated carbocycles. The molecule has 1 aromatic carbocycles. The molecule has 0 saturated heterocycles. The number of H-pyrrole nitrogens is 1. The zero-order chi connectivity index (χ0) is 14.4. The lowest BCUT2D eigenvalue weighted by Crippen LogP contribution is -2.07. The first-order valence-electron chi connectivity index (χ1n) is 6.02. The predicted molar refractivity (Wildman–Crippen MR) is 81.2 cm³/mol. The molecule has 0 fully saturated rings. The molecular weight excluding hydrogens is 297 g/mol. The second-order valence-electron chi connectivity index (χ2n) is 4.59. The number of benzene rings is 1.